The van der Waals surface area contributed by atoms with Crippen molar-refractivity contribution in [1.29, 1.82) is 0 Å². The normalized spacial score (nSPS) is 11.2. The van der Waals surface area contributed by atoms with Crippen molar-refractivity contribution in [2.45, 2.75) is 18.0 Å². The van der Waals surface area contributed by atoms with Crippen LogP contribution in [0.1, 0.15) is 21.5 Å². The molecule has 168 valence electrons. The zero-order valence-corrected chi connectivity index (χ0v) is 18.3. The number of rotatable bonds is 8. The first-order valence-electron chi connectivity index (χ1n) is 10.1. The second kappa shape index (κ2) is 9.66. The summed E-state index contributed by atoms with van der Waals surface area (Å²) >= 11 is 0. The first-order valence-corrected chi connectivity index (χ1v) is 11.6. The Labute approximate surface area is 191 Å². The molecule has 0 saturated carbocycles. The van der Waals surface area contributed by atoms with Gasteiger partial charge in [0.05, 0.1) is 11.2 Å². The number of hydrogen-bond donors (Lipinski definition) is 2. The number of benzene rings is 3. The Morgan fingerprint density at radius 2 is 1.58 bits per heavy atom. The molecule has 0 aliphatic heterocycles. The number of carbonyl (C=O) groups excluding carboxylic acids is 1. The molecule has 0 spiro atoms. The van der Waals surface area contributed by atoms with Gasteiger partial charge < -0.3 is 9.88 Å². The van der Waals surface area contributed by atoms with E-state index in [0.29, 0.717) is 12.1 Å². The number of sulfonamides is 1. The highest BCUT2D eigenvalue weighted by Gasteiger charge is 2.15. The molecule has 2 N–H and O–H groups in total. The van der Waals surface area contributed by atoms with Crippen molar-refractivity contribution in [2.75, 3.05) is 4.72 Å². The minimum Gasteiger partial charge on any atom is -0.348 e. The Kier molecular flexibility index (Phi) is 6.50. The summed E-state index contributed by atoms with van der Waals surface area (Å²) in [6, 6.07) is 18.5. The predicted octanol–water partition coefficient (Wildman–Crippen LogP) is 3.80. The number of halogens is 1. The van der Waals surface area contributed by atoms with Crippen molar-refractivity contribution in [3.8, 4) is 0 Å². The van der Waals surface area contributed by atoms with Crippen LogP contribution in [-0.4, -0.2) is 23.9 Å². The summed E-state index contributed by atoms with van der Waals surface area (Å²) in [4.78, 5) is 16.5. The molecular formula is C24H21FN4O3S. The lowest BCUT2D eigenvalue weighted by Gasteiger charge is -2.10. The van der Waals surface area contributed by atoms with Crippen LogP contribution in [-0.2, 0) is 23.1 Å². The van der Waals surface area contributed by atoms with Crippen LogP contribution in [0.4, 0.5) is 10.1 Å². The molecule has 0 atom stereocenters. The Balaban J connectivity index is 1.33. The van der Waals surface area contributed by atoms with Gasteiger partial charge in [-0.05, 0) is 59.7 Å². The lowest BCUT2D eigenvalue weighted by molar-refractivity contribution is 0.0951. The third-order valence-corrected chi connectivity index (χ3v) is 6.32. The largest absolute Gasteiger partial charge is 0.348 e. The van der Waals surface area contributed by atoms with E-state index in [1.807, 2.05) is 35.0 Å². The summed E-state index contributed by atoms with van der Waals surface area (Å²) in [6.07, 6.45) is 5.38. The first kappa shape index (κ1) is 22.2. The molecule has 1 heterocycles. The predicted molar refractivity (Wildman–Crippen MR) is 123 cm³/mol. The minimum atomic E-state index is -3.86. The topological polar surface area (TPSA) is 93.1 Å². The summed E-state index contributed by atoms with van der Waals surface area (Å²) in [7, 11) is -3.86. The van der Waals surface area contributed by atoms with Crippen LogP contribution in [0.3, 0.4) is 0 Å². The number of aromatic nitrogens is 2. The van der Waals surface area contributed by atoms with Crippen LogP contribution < -0.4 is 10.0 Å². The van der Waals surface area contributed by atoms with Crippen LogP contribution in [0.15, 0.2) is 96.4 Å². The number of nitrogens with one attached hydrogen (secondary N) is 2. The van der Waals surface area contributed by atoms with Gasteiger partial charge in [0.1, 0.15) is 5.82 Å². The van der Waals surface area contributed by atoms with E-state index in [1.165, 1.54) is 48.5 Å². The molecule has 4 aromatic rings. The second-order valence-electron chi connectivity index (χ2n) is 7.37. The van der Waals surface area contributed by atoms with Crippen LogP contribution in [0.2, 0.25) is 0 Å². The van der Waals surface area contributed by atoms with E-state index in [-0.39, 0.29) is 16.5 Å². The number of amides is 1. The van der Waals surface area contributed by atoms with Crippen LogP contribution in [0, 0.1) is 5.82 Å². The van der Waals surface area contributed by atoms with Gasteiger partial charge in [-0.25, -0.2) is 17.8 Å². The Bertz CT molecular complexity index is 1320. The molecule has 33 heavy (non-hydrogen) atoms. The van der Waals surface area contributed by atoms with E-state index in [1.54, 1.807) is 12.5 Å². The molecule has 0 bridgehead atoms. The highest BCUT2D eigenvalue weighted by atomic mass is 32.2. The maximum Gasteiger partial charge on any atom is 0.261 e. The molecule has 0 aliphatic carbocycles. The first-order chi connectivity index (χ1) is 15.9. The fraction of sp³-hybridized carbons (Fsp3) is 0.0833. The smallest absolute Gasteiger partial charge is 0.261 e. The summed E-state index contributed by atoms with van der Waals surface area (Å²) < 4.78 is 42.3. The number of imidazole rings is 1. The summed E-state index contributed by atoms with van der Waals surface area (Å²) in [5.74, 6) is -0.772. The SMILES string of the molecule is O=C(NCc1ccc(Cn2ccnc2)cc1)c1ccc(S(=O)(=O)Nc2ccc(F)cc2)cc1. The van der Waals surface area contributed by atoms with Gasteiger partial charge >= 0.3 is 0 Å². The van der Waals surface area contributed by atoms with E-state index in [2.05, 4.69) is 15.0 Å². The van der Waals surface area contributed by atoms with E-state index in [4.69, 9.17) is 0 Å². The zero-order valence-electron chi connectivity index (χ0n) is 17.5. The third kappa shape index (κ3) is 5.83. The Morgan fingerprint density at radius 3 is 2.21 bits per heavy atom. The molecule has 9 heteroatoms. The van der Waals surface area contributed by atoms with Crippen LogP contribution >= 0.6 is 0 Å². The fourth-order valence-corrected chi connectivity index (χ4v) is 4.21. The van der Waals surface area contributed by atoms with E-state index in [0.717, 1.165) is 17.7 Å². The summed E-state index contributed by atoms with van der Waals surface area (Å²) in [5.41, 5.74) is 2.65. The molecule has 3 aromatic carbocycles. The van der Waals surface area contributed by atoms with Gasteiger partial charge in [0.15, 0.2) is 0 Å². The molecule has 7 nitrogen and oxygen atoms in total. The highest BCUT2D eigenvalue weighted by Crippen LogP contribution is 2.17. The number of nitrogens with zero attached hydrogens (tertiary/aromatic N) is 2. The van der Waals surface area contributed by atoms with E-state index >= 15 is 0 Å². The van der Waals surface area contributed by atoms with Crippen LogP contribution in [0.5, 0.6) is 0 Å². The van der Waals surface area contributed by atoms with Gasteiger partial charge in [-0.15, -0.1) is 0 Å². The molecule has 0 unspecified atom stereocenters. The molecule has 0 fully saturated rings. The standard InChI is InChI=1S/C24H21FN4O3S/c25-21-7-9-22(10-8-21)28-33(31,32)23-11-5-20(6-12-23)24(30)27-15-18-1-3-19(4-2-18)16-29-14-13-26-17-29/h1-14,17,28H,15-16H2,(H,27,30). The van der Waals surface area contributed by atoms with Gasteiger partial charge in [0.25, 0.3) is 15.9 Å². The molecule has 0 aliphatic rings. The maximum absolute atomic E-state index is 13.0. The molecule has 1 aromatic heterocycles. The lowest BCUT2D eigenvalue weighted by atomic mass is 10.1. The van der Waals surface area contributed by atoms with Crippen molar-refractivity contribution < 1.29 is 17.6 Å². The second-order valence-corrected chi connectivity index (χ2v) is 9.05. The van der Waals surface area contributed by atoms with Gasteiger partial charge in [0.2, 0.25) is 0 Å². The average molecular weight is 465 g/mol. The quantitative estimate of drug-likeness (QED) is 0.415. The molecular weight excluding hydrogens is 443 g/mol. The molecule has 0 saturated heterocycles. The summed E-state index contributed by atoms with van der Waals surface area (Å²) in [5, 5.41) is 2.83. The zero-order chi connectivity index (χ0) is 23.3. The number of carbonyl (C=O) groups is 1. The van der Waals surface area contributed by atoms with E-state index in [9.17, 15) is 17.6 Å². The molecule has 1 amide bonds. The van der Waals surface area contributed by atoms with Crippen molar-refractivity contribution >= 4 is 21.6 Å². The van der Waals surface area contributed by atoms with Crippen molar-refractivity contribution in [3.63, 3.8) is 0 Å². The Morgan fingerprint density at radius 1 is 0.909 bits per heavy atom. The van der Waals surface area contributed by atoms with Crippen LogP contribution in [0.25, 0.3) is 0 Å². The van der Waals surface area contributed by atoms with Gasteiger partial charge in [-0.2, -0.15) is 0 Å². The highest BCUT2D eigenvalue weighted by molar-refractivity contribution is 7.92. The fourth-order valence-electron chi connectivity index (χ4n) is 3.16. The van der Waals surface area contributed by atoms with Crippen molar-refractivity contribution in [2.24, 2.45) is 0 Å². The minimum absolute atomic E-state index is 0.00291. The Hall–Kier alpha value is -3.98. The lowest BCUT2D eigenvalue weighted by Crippen LogP contribution is -2.23. The van der Waals surface area contributed by atoms with Crippen molar-refractivity contribution in [3.05, 3.63) is 114 Å². The molecule has 4 rings (SSSR count). The van der Waals surface area contributed by atoms with Gasteiger partial charge in [-0.3, -0.25) is 9.52 Å². The summed E-state index contributed by atoms with van der Waals surface area (Å²) in [6.45, 7) is 1.06. The monoisotopic (exact) mass is 464 g/mol. The number of hydrogen-bond acceptors (Lipinski definition) is 4. The van der Waals surface area contributed by atoms with Gasteiger partial charge in [-0.1, -0.05) is 24.3 Å². The third-order valence-electron chi connectivity index (χ3n) is 4.92. The average Bonchev–Trinajstić information content (AvgIpc) is 3.33. The van der Waals surface area contributed by atoms with Gasteiger partial charge in [0, 0.05) is 36.7 Å². The molecule has 0 radical (unpaired) electrons. The van der Waals surface area contributed by atoms with E-state index < -0.39 is 15.8 Å². The number of anilines is 1. The van der Waals surface area contributed by atoms with Crippen molar-refractivity contribution in [1.82, 2.24) is 14.9 Å². The maximum atomic E-state index is 13.0.